The van der Waals surface area contributed by atoms with Gasteiger partial charge in [-0.3, -0.25) is 4.98 Å². The van der Waals surface area contributed by atoms with Gasteiger partial charge < -0.3 is 10.8 Å². The first-order valence-electron chi connectivity index (χ1n) is 3.79. The fourth-order valence-electron chi connectivity index (χ4n) is 0.832. The molecule has 0 aliphatic carbocycles. The van der Waals surface area contributed by atoms with E-state index in [2.05, 4.69) is 4.98 Å². The summed E-state index contributed by atoms with van der Waals surface area (Å²) in [5, 5.41) is 8.70. The molecule has 64 valence electrons. The lowest BCUT2D eigenvalue weighted by molar-refractivity contribution is 0.277. The van der Waals surface area contributed by atoms with Crippen molar-refractivity contribution in [3.05, 3.63) is 35.7 Å². The number of aliphatic hydroxyl groups excluding tert-OH is 1. The summed E-state index contributed by atoms with van der Waals surface area (Å²) in [7, 11) is 0. The lowest BCUT2D eigenvalue weighted by atomic mass is 10.2. The van der Waals surface area contributed by atoms with Crippen molar-refractivity contribution in [2.75, 3.05) is 6.54 Å². The van der Waals surface area contributed by atoms with Crippen molar-refractivity contribution in [2.45, 2.75) is 6.61 Å². The second-order valence-electron chi connectivity index (χ2n) is 2.38. The Labute approximate surface area is 71.6 Å². The zero-order valence-electron chi connectivity index (χ0n) is 6.77. The molecule has 1 heterocycles. The lowest BCUT2D eigenvalue weighted by Gasteiger charge is -1.95. The van der Waals surface area contributed by atoms with Crippen LogP contribution in [0.15, 0.2) is 24.4 Å². The molecule has 0 saturated carbocycles. The highest BCUT2D eigenvalue weighted by atomic mass is 16.3. The molecule has 0 fully saturated rings. The van der Waals surface area contributed by atoms with Gasteiger partial charge in [0.2, 0.25) is 0 Å². The van der Waals surface area contributed by atoms with E-state index in [-0.39, 0.29) is 6.61 Å². The van der Waals surface area contributed by atoms with Gasteiger partial charge in [0.25, 0.3) is 0 Å². The van der Waals surface area contributed by atoms with Crippen molar-refractivity contribution in [2.24, 2.45) is 5.73 Å². The normalized spacial score (nSPS) is 10.8. The average Bonchev–Trinajstić information content (AvgIpc) is 2.15. The third kappa shape index (κ3) is 2.45. The summed E-state index contributed by atoms with van der Waals surface area (Å²) in [6.45, 7) is 0.517. The highest BCUT2D eigenvalue weighted by Gasteiger charge is 1.89. The molecule has 0 aliphatic rings. The molecule has 0 bridgehead atoms. The minimum Gasteiger partial charge on any atom is -0.390 e. The molecule has 0 amide bonds. The molecule has 0 atom stereocenters. The quantitative estimate of drug-likeness (QED) is 0.685. The van der Waals surface area contributed by atoms with E-state index in [1.807, 2.05) is 18.2 Å². The molecule has 0 saturated heterocycles. The first-order valence-corrected chi connectivity index (χ1v) is 3.79. The van der Waals surface area contributed by atoms with Crippen LogP contribution in [0.4, 0.5) is 0 Å². The number of nitrogens with two attached hydrogens (primary N) is 1. The SMILES string of the molecule is NCC=Cc1ccc(CO)nc1. The minimum atomic E-state index is -0.0130. The van der Waals surface area contributed by atoms with Crippen molar-refractivity contribution < 1.29 is 5.11 Å². The van der Waals surface area contributed by atoms with Gasteiger partial charge in [0.15, 0.2) is 0 Å². The van der Waals surface area contributed by atoms with Crippen molar-refractivity contribution in [3.63, 3.8) is 0 Å². The number of rotatable bonds is 3. The first-order chi connectivity index (χ1) is 5.86. The van der Waals surface area contributed by atoms with Gasteiger partial charge in [0.1, 0.15) is 0 Å². The summed E-state index contributed by atoms with van der Waals surface area (Å²) in [5.74, 6) is 0. The highest BCUT2D eigenvalue weighted by Crippen LogP contribution is 2.01. The van der Waals surface area contributed by atoms with Crippen LogP contribution in [0, 0.1) is 0 Å². The van der Waals surface area contributed by atoms with Crippen LogP contribution in [0.2, 0.25) is 0 Å². The van der Waals surface area contributed by atoms with Crippen molar-refractivity contribution in [1.29, 1.82) is 0 Å². The van der Waals surface area contributed by atoms with Gasteiger partial charge in [-0.2, -0.15) is 0 Å². The molecule has 0 unspecified atom stereocenters. The topological polar surface area (TPSA) is 59.1 Å². The van der Waals surface area contributed by atoms with E-state index < -0.39 is 0 Å². The Morgan fingerprint density at radius 2 is 2.33 bits per heavy atom. The van der Waals surface area contributed by atoms with Crippen LogP contribution in [0.3, 0.4) is 0 Å². The van der Waals surface area contributed by atoms with Crippen LogP contribution in [-0.4, -0.2) is 16.6 Å². The van der Waals surface area contributed by atoms with Crippen molar-refractivity contribution >= 4 is 6.08 Å². The molecule has 3 N–H and O–H groups in total. The third-order valence-electron chi connectivity index (χ3n) is 1.46. The standard InChI is InChI=1S/C9H12N2O/c10-5-1-2-8-3-4-9(7-12)11-6-8/h1-4,6,12H,5,7,10H2. The van der Waals surface area contributed by atoms with Crippen molar-refractivity contribution in [1.82, 2.24) is 4.98 Å². The summed E-state index contributed by atoms with van der Waals surface area (Å²) in [4.78, 5) is 4.01. The highest BCUT2D eigenvalue weighted by molar-refractivity contribution is 5.47. The zero-order chi connectivity index (χ0) is 8.81. The Kier molecular flexibility index (Phi) is 3.44. The Hall–Kier alpha value is -1.19. The number of pyridine rings is 1. The van der Waals surface area contributed by atoms with E-state index >= 15 is 0 Å². The molecule has 12 heavy (non-hydrogen) atoms. The fourth-order valence-corrected chi connectivity index (χ4v) is 0.832. The molecule has 0 aromatic carbocycles. The maximum atomic E-state index is 8.70. The van der Waals surface area contributed by atoms with Crippen LogP contribution in [0.5, 0.6) is 0 Å². The maximum absolute atomic E-state index is 8.70. The van der Waals surface area contributed by atoms with Crippen LogP contribution in [0.25, 0.3) is 6.08 Å². The predicted octanol–water partition coefficient (Wildman–Crippen LogP) is 0.546. The molecule has 0 spiro atoms. The van der Waals surface area contributed by atoms with E-state index in [4.69, 9.17) is 10.8 Å². The fraction of sp³-hybridized carbons (Fsp3) is 0.222. The largest absolute Gasteiger partial charge is 0.390 e. The summed E-state index contributed by atoms with van der Waals surface area (Å²) in [5.41, 5.74) is 6.96. The van der Waals surface area contributed by atoms with E-state index in [9.17, 15) is 0 Å². The summed E-state index contributed by atoms with van der Waals surface area (Å²) in [6, 6.07) is 3.68. The van der Waals surface area contributed by atoms with Gasteiger partial charge in [-0.25, -0.2) is 0 Å². The zero-order valence-corrected chi connectivity index (χ0v) is 6.77. The van der Waals surface area contributed by atoms with E-state index in [1.54, 1.807) is 12.3 Å². The number of hydrogen-bond donors (Lipinski definition) is 2. The summed E-state index contributed by atoms with van der Waals surface area (Å²) in [6.07, 6.45) is 5.46. The number of aromatic nitrogens is 1. The van der Waals surface area contributed by atoms with Gasteiger partial charge in [-0.1, -0.05) is 18.2 Å². The van der Waals surface area contributed by atoms with Gasteiger partial charge >= 0.3 is 0 Å². The monoisotopic (exact) mass is 164 g/mol. The van der Waals surface area contributed by atoms with Crippen LogP contribution in [-0.2, 0) is 6.61 Å². The number of aliphatic hydroxyl groups is 1. The van der Waals surface area contributed by atoms with E-state index in [0.29, 0.717) is 12.2 Å². The van der Waals surface area contributed by atoms with Crippen LogP contribution in [0.1, 0.15) is 11.3 Å². The van der Waals surface area contributed by atoms with E-state index in [1.165, 1.54) is 0 Å². The van der Waals surface area contributed by atoms with E-state index in [0.717, 1.165) is 5.56 Å². The molecule has 3 heteroatoms. The van der Waals surface area contributed by atoms with Gasteiger partial charge in [-0.05, 0) is 11.6 Å². The maximum Gasteiger partial charge on any atom is 0.0852 e. The Balaban J connectivity index is 2.71. The molecule has 1 aromatic rings. The Morgan fingerprint density at radius 3 is 2.83 bits per heavy atom. The van der Waals surface area contributed by atoms with Crippen molar-refractivity contribution in [3.8, 4) is 0 Å². The molecular weight excluding hydrogens is 152 g/mol. The molecular formula is C9H12N2O. The third-order valence-corrected chi connectivity index (χ3v) is 1.46. The van der Waals surface area contributed by atoms with Gasteiger partial charge in [0, 0.05) is 12.7 Å². The molecule has 1 rings (SSSR count). The van der Waals surface area contributed by atoms with Crippen LogP contribution >= 0.6 is 0 Å². The van der Waals surface area contributed by atoms with Gasteiger partial charge in [-0.15, -0.1) is 0 Å². The molecule has 0 aliphatic heterocycles. The Bertz CT molecular complexity index is 254. The number of hydrogen-bond acceptors (Lipinski definition) is 3. The molecule has 0 radical (unpaired) electrons. The second kappa shape index (κ2) is 4.64. The summed E-state index contributed by atoms with van der Waals surface area (Å²) >= 11 is 0. The second-order valence-corrected chi connectivity index (χ2v) is 2.38. The average molecular weight is 164 g/mol. The minimum absolute atomic E-state index is 0.0130. The van der Waals surface area contributed by atoms with Crippen LogP contribution < -0.4 is 5.73 Å². The smallest absolute Gasteiger partial charge is 0.0852 e. The molecule has 3 nitrogen and oxygen atoms in total. The summed E-state index contributed by atoms with van der Waals surface area (Å²) < 4.78 is 0. The van der Waals surface area contributed by atoms with Gasteiger partial charge in [0.05, 0.1) is 12.3 Å². The predicted molar refractivity (Wildman–Crippen MR) is 48.2 cm³/mol. The lowest BCUT2D eigenvalue weighted by Crippen LogP contribution is -1.92. The molecule has 1 aromatic heterocycles. The Morgan fingerprint density at radius 1 is 1.50 bits per heavy atom. The first kappa shape index (κ1) is 8.90. The number of nitrogens with zero attached hydrogens (tertiary/aromatic N) is 1.